The molecule has 34 heavy (non-hydrogen) atoms. The van der Waals surface area contributed by atoms with Gasteiger partial charge < -0.3 is 14.2 Å². The predicted octanol–water partition coefficient (Wildman–Crippen LogP) is 3.90. The Balaban J connectivity index is 1.39. The van der Waals surface area contributed by atoms with E-state index in [9.17, 15) is 14.4 Å². The molecule has 2 amide bonds. The number of halogens is 1. The minimum Gasteiger partial charge on any atom is -0.484 e. The van der Waals surface area contributed by atoms with Crippen molar-refractivity contribution in [3.8, 4) is 22.6 Å². The number of rotatable bonds is 9. The number of hydrogen-bond acceptors (Lipinski definition) is 6. The molecule has 9 heteroatoms. The summed E-state index contributed by atoms with van der Waals surface area (Å²) in [6.07, 6.45) is 0. The van der Waals surface area contributed by atoms with E-state index in [0.717, 1.165) is 11.1 Å². The normalized spacial score (nSPS) is 10.2. The first kappa shape index (κ1) is 24.8. The SMILES string of the molecule is CCOC(=O)c1ccc(OCC(=O)NNC(=O)COc2ccc(-c3ccccc3)cc2Br)cc1. The molecule has 3 aromatic carbocycles. The molecule has 176 valence electrons. The van der Waals surface area contributed by atoms with Gasteiger partial charge in [0.05, 0.1) is 16.6 Å². The van der Waals surface area contributed by atoms with E-state index >= 15 is 0 Å². The van der Waals surface area contributed by atoms with Crippen LogP contribution in [-0.2, 0) is 14.3 Å². The van der Waals surface area contributed by atoms with Crippen LogP contribution < -0.4 is 20.3 Å². The van der Waals surface area contributed by atoms with Crippen molar-refractivity contribution < 1.29 is 28.6 Å². The smallest absolute Gasteiger partial charge is 0.338 e. The largest absolute Gasteiger partial charge is 0.484 e. The quantitative estimate of drug-likeness (QED) is 0.323. The number of esters is 1. The van der Waals surface area contributed by atoms with Gasteiger partial charge in [0, 0.05) is 0 Å². The second-order valence-electron chi connectivity index (χ2n) is 6.93. The average molecular weight is 527 g/mol. The molecule has 2 N–H and O–H groups in total. The van der Waals surface area contributed by atoms with Crippen LogP contribution in [0.15, 0.2) is 77.3 Å². The number of carbonyl (C=O) groups is 3. The van der Waals surface area contributed by atoms with Gasteiger partial charge in [-0.05, 0) is 70.4 Å². The molecular weight excluding hydrogens is 504 g/mol. The Morgan fingerprint density at radius 3 is 2.06 bits per heavy atom. The van der Waals surface area contributed by atoms with Crippen LogP contribution in [0.2, 0.25) is 0 Å². The zero-order valence-electron chi connectivity index (χ0n) is 18.4. The fourth-order valence-electron chi connectivity index (χ4n) is 2.83. The molecule has 0 aliphatic carbocycles. The molecule has 0 aliphatic heterocycles. The maximum absolute atomic E-state index is 12.0. The molecule has 3 rings (SSSR count). The van der Waals surface area contributed by atoms with Gasteiger partial charge in [-0.1, -0.05) is 36.4 Å². The lowest BCUT2D eigenvalue weighted by atomic mass is 10.1. The zero-order chi connectivity index (χ0) is 24.3. The van der Waals surface area contributed by atoms with Crippen molar-refractivity contribution in [1.29, 1.82) is 0 Å². The van der Waals surface area contributed by atoms with Crippen molar-refractivity contribution in [2.45, 2.75) is 6.92 Å². The number of hydrazine groups is 1. The summed E-state index contributed by atoms with van der Waals surface area (Å²) < 4.78 is 16.5. The second-order valence-corrected chi connectivity index (χ2v) is 7.78. The lowest BCUT2D eigenvalue weighted by Crippen LogP contribution is -2.45. The molecule has 0 atom stereocenters. The minimum atomic E-state index is -0.559. The Labute approximate surface area is 205 Å². The fourth-order valence-corrected chi connectivity index (χ4v) is 3.33. The third-order valence-electron chi connectivity index (χ3n) is 4.47. The first-order valence-electron chi connectivity index (χ1n) is 10.4. The van der Waals surface area contributed by atoms with E-state index in [1.54, 1.807) is 25.1 Å². The molecule has 0 fully saturated rings. The predicted molar refractivity (Wildman–Crippen MR) is 129 cm³/mol. The van der Waals surface area contributed by atoms with Crippen molar-refractivity contribution in [3.63, 3.8) is 0 Å². The van der Waals surface area contributed by atoms with Crippen molar-refractivity contribution in [3.05, 3.63) is 82.8 Å². The van der Waals surface area contributed by atoms with Crippen LogP contribution in [-0.4, -0.2) is 37.6 Å². The number of nitrogens with one attached hydrogen (secondary N) is 2. The molecule has 8 nitrogen and oxygen atoms in total. The molecule has 0 heterocycles. The Morgan fingerprint density at radius 2 is 1.44 bits per heavy atom. The average Bonchev–Trinajstić information content (AvgIpc) is 2.86. The number of hydrogen-bond donors (Lipinski definition) is 2. The standard InChI is InChI=1S/C25H23BrN2O6/c1-2-32-25(31)18-8-11-20(12-9-18)33-15-23(29)27-28-24(30)16-34-22-13-10-19(14-21(22)26)17-6-4-3-5-7-17/h3-14H,2,15-16H2,1H3,(H,27,29)(H,28,30). The topological polar surface area (TPSA) is 103 Å². The molecule has 0 unspecified atom stereocenters. The summed E-state index contributed by atoms with van der Waals surface area (Å²) >= 11 is 3.45. The van der Waals surface area contributed by atoms with E-state index in [4.69, 9.17) is 14.2 Å². The van der Waals surface area contributed by atoms with Gasteiger partial charge >= 0.3 is 5.97 Å². The Bertz CT molecular complexity index is 1140. The van der Waals surface area contributed by atoms with Crippen LogP contribution in [0.5, 0.6) is 11.5 Å². The molecule has 0 aliphatic rings. The van der Waals surface area contributed by atoms with Gasteiger partial charge in [-0.15, -0.1) is 0 Å². The maximum atomic E-state index is 12.0. The molecule has 0 saturated heterocycles. The molecule has 0 bridgehead atoms. The third kappa shape index (κ3) is 7.35. The highest BCUT2D eigenvalue weighted by Gasteiger charge is 2.10. The number of benzene rings is 3. The number of carbonyl (C=O) groups excluding carboxylic acids is 3. The Kier molecular flexibility index (Phi) is 9.04. The fraction of sp³-hybridized carbons (Fsp3) is 0.160. The van der Waals surface area contributed by atoms with Crippen molar-refractivity contribution >= 4 is 33.7 Å². The van der Waals surface area contributed by atoms with Crippen LogP contribution in [0.1, 0.15) is 17.3 Å². The van der Waals surface area contributed by atoms with Crippen molar-refractivity contribution in [1.82, 2.24) is 10.9 Å². The first-order chi connectivity index (χ1) is 16.5. The summed E-state index contributed by atoms with van der Waals surface area (Å²) in [5.41, 5.74) is 6.97. The van der Waals surface area contributed by atoms with E-state index in [1.807, 2.05) is 42.5 Å². The van der Waals surface area contributed by atoms with Gasteiger partial charge in [0.2, 0.25) is 0 Å². The summed E-state index contributed by atoms with van der Waals surface area (Å²) in [7, 11) is 0. The van der Waals surface area contributed by atoms with Crippen LogP contribution in [0.4, 0.5) is 0 Å². The van der Waals surface area contributed by atoms with Gasteiger partial charge in [0.25, 0.3) is 11.8 Å². The summed E-state index contributed by atoms with van der Waals surface area (Å²) in [6.45, 7) is 1.39. The highest BCUT2D eigenvalue weighted by atomic mass is 79.9. The summed E-state index contributed by atoms with van der Waals surface area (Å²) in [5, 5.41) is 0. The molecule has 0 aromatic heterocycles. The van der Waals surface area contributed by atoms with E-state index in [2.05, 4.69) is 26.8 Å². The van der Waals surface area contributed by atoms with Crippen molar-refractivity contribution in [2.75, 3.05) is 19.8 Å². The van der Waals surface area contributed by atoms with E-state index < -0.39 is 17.8 Å². The van der Waals surface area contributed by atoms with Crippen LogP contribution in [0, 0.1) is 0 Å². The molecular formula is C25H23BrN2O6. The summed E-state index contributed by atoms with van der Waals surface area (Å²) in [6, 6.07) is 21.6. The van der Waals surface area contributed by atoms with E-state index in [1.165, 1.54) is 12.1 Å². The number of amides is 2. The summed E-state index contributed by atoms with van der Waals surface area (Å²) in [5.74, 6) is -0.643. The van der Waals surface area contributed by atoms with Gasteiger partial charge in [0.1, 0.15) is 11.5 Å². The zero-order valence-corrected chi connectivity index (χ0v) is 20.0. The highest BCUT2D eigenvalue weighted by Crippen LogP contribution is 2.30. The van der Waals surface area contributed by atoms with E-state index in [0.29, 0.717) is 21.5 Å². The lowest BCUT2D eigenvalue weighted by molar-refractivity contribution is -0.131. The second kappa shape index (κ2) is 12.4. The van der Waals surface area contributed by atoms with Crippen LogP contribution in [0.3, 0.4) is 0 Å². The highest BCUT2D eigenvalue weighted by molar-refractivity contribution is 9.10. The molecule has 0 radical (unpaired) electrons. The van der Waals surface area contributed by atoms with E-state index in [-0.39, 0.29) is 19.8 Å². The number of ether oxygens (including phenoxy) is 3. The van der Waals surface area contributed by atoms with Gasteiger partial charge in [0.15, 0.2) is 13.2 Å². The minimum absolute atomic E-state index is 0.284. The maximum Gasteiger partial charge on any atom is 0.338 e. The van der Waals surface area contributed by atoms with Gasteiger partial charge in [-0.3, -0.25) is 20.4 Å². The third-order valence-corrected chi connectivity index (χ3v) is 5.09. The van der Waals surface area contributed by atoms with Crippen LogP contribution >= 0.6 is 15.9 Å². The molecule has 3 aromatic rings. The lowest BCUT2D eigenvalue weighted by Gasteiger charge is -2.11. The first-order valence-corrected chi connectivity index (χ1v) is 11.2. The molecule has 0 spiro atoms. The molecule has 0 saturated carbocycles. The van der Waals surface area contributed by atoms with Crippen LogP contribution in [0.25, 0.3) is 11.1 Å². The monoisotopic (exact) mass is 526 g/mol. The summed E-state index contributed by atoms with van der Waals surface area (Å²) in [4.78, 5) is 35.5. The Hall–Kier alpha value is -3.85. The van der Waals surface area contributed by atoms with Crippen molar-refractivity contribution in [2.24, 2.45) is 0 Å². The van der Waals surface area contributed by atoms with Gasteiger partial charge in [-0.25, -0.2) is 4.79 Å². The Morgan fingerprint density at radius 1 is 0.794 bits per heavy atom. The van der Waals surface area contributed by atoms with Gasteiger partial charge in [-0.2, -0.15) is 0 Å².